The van der Waals surface area contributed by atoms with E-state index in [0.29, 0.717) is 12.5 Å². The molecule has 1 aromatic rings. The third kappa shape index (κ3) is 4.31. The van der Waals surface area contributed by atoms with Gasteiger partial charge in [0.25, 0.3) is 5.91 Å². The molecule has 0 spiro atoms. The summed E-state index contributed by atoms with van der Waals surface area (Å²) < 4.78 is 0. The zero-order chi connectivity index (χ0) is 16.2. The smallest absolute Gasteiger partial charge is 0.336 e. The SMILES string of the molecule is CC1(C)CC(CCCNC(=O)c2ccccc2C(=O)O)CN1. The molecule has 22 heavy (non-hydrogen) atoms. The topological polar surface area (TPSA) is 78.4 Å². The van der Waals surface area contributed by atoms with Crippen molar-refractivity contribution in [1.82, 2.24) is 10.6 Å². The van der Waals surface area contributed by atoms with E-state index in [1.807, 2.05) is 0 Å². The normalized spacial score (nSPS) is 19.8. The van der Waals surface area contributed by atoms with Crippen LogP contribution in [-0.4, -0.2) is 35.6 Å². The van der Waals surface area contributed by atoms with Gasteiger partial charge in [0.1, 0.15) is 0 Å². The summed E-state index contributed by atoms with van der Waals surface area (Å²) >= 11 is 0. The maximum atomic E-state index is 12.1. The summed E-state index contributed by atoms with van der Waals surface area (Å²) in [5.74, 6) is -0.744. The van der Waals surface area contributed by atoms with Crippen molar-refractivity contribution in [1.29, 1.82) is 0 Å². The fourth-order valence-electron chi connectivity index (χ4n) is 3.05. The second kappa shape index (κ2) is 6.92. The number of rotatable bonds is 6. The first-order valence-electron chi connectivity index (χ1n) is 7.74. The summed E-state index contributed by atoms with van der Waals surface area (Å²) in [4.78, 5) is 23.2. The fraction of sp³-hybridized carbons (Fsp3) is 0.529. The number of carboxylic acids is 1. The maximum absolute atomic E-state index is 12.1. The average Bonchev–Trinajstić information content (AvgIpc) is 2.82. The van der Waals surface area contributed by atoms with Crippen LogP contribution < -0.4 is 10.6 Å². The minimum absolute atomic E-state index is 0.0433. The van der Waals surface area contributed by atoms with Crippen LogP contribution in [0.2, 0.25) is 0 Å². The quantitative estimate of drug-likeness (QED) is 0.705. The van der Waals surface area contributed by atoms with Crippen LogP contribution in [0.25, 0.3) is 0 Å². The Morgan fingerprint density at radius 1 is 1.32 bits per heavy atom. The van der Waals surface area contributed by atoms with Gasteiger partial charge in [-0.05, 0) is 57.7 Å². The number of amides is 1. The zero-order valence-electron chi connectivity index (χ0n) is 13.2. The van der Waals surface area contributed by atoms with Crippen LogP contribution in [0.3, 0.4) is 0 Å². The molecule has 0 radical (unpaired) electrons. The third-order valence-electron chi connectivity index (χ3n) is 4.15. The highest BCUT2D eigenvalue weighted by Gasteiger charge is 2.29. The summed E-state index contributed by atoms with van der Waals surface area (Å²) in [6, 6.07) is 6.29. The Bertz CT molecular complexity index is 555. The lowest BCUT2D eigenvalue weighted by molar-refractivity contribution is 0.0691. The number of carbonyl (C=O) groups excluding carboxylic acids is 1. The standard InChI is InChI=1S/C17H24N2O3/c1-17(2)10-12(11-19-17)6-5-9-18-15(20)13-7-3-4-8-14(13)16(21)22/h3-4,7-8,12,19H,5-6,9-11H2,1-2H3,(H,18,20)(H,21,22). The molecule has 5 nitrogen and oxygen atoms in total. The molecule has 1 aromatic carbocycles. The predicted octanol–water partition coefficient (Wildman–Crippen LogP) is 2.28. The average molecular weight is 304 g/mol. The van der Waals surface area contributed by atoms with E-state index in [2.05, 4.69) is 24.5 Å². The minimum Gasteiger partial charge on any atom is -0.478 e. The molecule has 0 aliphatic carbocycles. The molecule has 1 saturated heterocycles. The van der Waals surface area contributed by atoms with Crippen LogP contribution in [0, 0.1) is 5.92 Å². The first-order chi connectivity index (χ1) is 10.4. The Morgan fingerprint density at radius 3 is 2.59 bits per heavy atom. The Morgan fingerprint density at radius 2 is 2.00 bits per heavy atom. The van der Waals surface area contributed by atoms with Crippen molar-refractivity contribution in [3.63, 3.8) is 0 Å². The minimum atomic E-state index is -1.08. The molecule has 1 atom stereocenters. The van der Waals surface area contributed by atoms with E-state index in [1.54, 1.807) is 18.2 Å². The molecule has 120 valence electrons. The van der Waals surface area contributed by atoms with Crippen molar-refractivity contribution in [2.24, 2.45) is 5.92 Å². The largest absolute Gasteiger partial charge is 0.478 e. The highest BCUT2D eigenvalue weighted by Crippen LogP contribution is 2.26. The number of nitrogens with one attached hydrogen (secondary N) is 2. The number of carbonyl (C=O) groups is 2. The van der Waals surface area contributed by atoms with Gasteiger partial charge in [0, 0.05) is 12.1 Å². The number of hydrogen-bond acceptors (Lipinski definition) is 3. The summed E-state index contributed by atoms with van der Waals surface area (Å²) in [5, 5.41) is 15.4. The zero-order valence-corrected chi connectivity index (χ0v) is 13.2. The van der Waals surface area contributed by atoms with E-state index >= 15 is 0 Å². The van der Waals surface area contributed by atoms with Crippen molar-refractivity contribution in [3.05, 3.63) is 35.4 Å². The Hall–Kier alpha value is -1.88. The van der Waals surface area contributed by atoms with Gasteiger partial charge in [-0.15, -0.1) is 0 Å². The molecule has 1 heterocycles. The molecular weight excluding hydrogens is 280 g/mol. The lowest BCUT2D eigenvalue weighted by atomic mass is 9.94. The Kier molecular flexibility index (Phi) is 5.19. The van der Waals surface area contributed by atoms with Crippen LogP contribution in [0.1, 0.15) is 53.8 Å². The lowest BCUT2D eigenvalue weighted by Crippen LogP contribution is -2.31. The first-order valence-corrected chi connectivity index (χ1v) is 7.74. The third-order valence-corrected chi connectivity index (χ3v) is 4.15. The Balaban J connectivity index is 1.78. The summed E-state index contributed by atoms with van der Waals surface area (Å²) in [5.41, 5.74) is 0.481. The van der Waals surface area contributed by atoms with Crippen LogP contribution >= 0.6 is 0 Å². The van der Waals surface area contributed by atoms with E-state index in [0.717, 1.165) is 25.8 Å². The van der Waals surface area contributed by atoms with Crippen molar-refractivity contribution >= 4 is 11.9 Å². The van der Waals surface area contributed by atoms with Gasteiger partial charge in [0.05, 0.1) is 11.1 Å². The highest BCUT2D eigenvalue weighted by molar-refractivity contribution is 6.04. The predicted molar refractivity (Wildman–Crippen MR) is 85.2 cm³/mol. The van der Waals surface area contributed by atoms with Crippen molar-refractivity contribution in [2.75, 3.05) is 13.1 Å². The van der Waals surface area contributed by atoms with Gasteiger partial charge < -0.3 is 15.7 Å². The molecule has 1 unspecified atom stereocenters. The number of hydrogen-bond donors (Lipinski definition) is 3. The molecular formula is C17H24N2O3. The first kappa shape index (κ1) is 16.5. The molecule has 2 rings (SSSR count). The Labute approximate surface area is 131 Å². The number of carboxylic acid groups (broad SMARTS) is 1. The van der Waals surface area contributed by atoms with E-state index in [4.69, 9.17) is 5.11 Å². The fourth-order valence-corrected chi connectivity index (χ4v) is 3.05. The number of aromatic carboxylic acids is 1. The monoisotopic (exact) mass is 304 g/mol. The molecule has 1 aliphatic heterocycles. The van der Waals surface area contributed by atoms with Gasteiger partial charge >= 0.3 is 5.97 Å². The molecule has 1 amide bonds. The van der Waals surface area contributed by atoms with Crippen molar-refractivity contribution in [2.45, 2.75) is 38.6 Å². The molecule has 3 N–H and O–H groups in total. The number of benzene rings is 1. The van der Waals surface area contributed by atoms with E-state index in [1.165, 1.54) is 6.07 Å². The molecule has 0 saturated carbocycles. The summed E-state index contributed by atoms with van der Waals surface area (Å²) in [7, 11) is 0. The molecule has 1 aliphatic rings. The summed E-state index contributed by atoms with van der Waals surface area (Å²) in [6.45, 7) is 6.02. The molecule has 5 heteroatoms. The maximum Gasteiger partial charge on any atom is 0.336 e. The van der Waals surface area contributed by atoms with E-state index in [-0.39, 0.29) is 22.6 Å². The second-order valence-electron chi connectivity index (χ2n) is 6.58. The van der Waals surface area contributed by atoms with Crippen molar-refractivity contribution < 1.29 is 14.7 Å². The summed E-state index contributed by atoms with van der Waals surface area (Å²) in [6.07, 6.45) is 3.13. The van der Waals surface area contributed by atoms with Gasteiger partial charge in [0.2, 0.25) is 0 Å². The van der Waals surface area contributed by atoms with Gasteiger partial charge in [-0.25, -0.2) is 4.79 Å². The van der Waals surface area contributed by atoms with Crippen LogP contribution in [0.15, 0.2) is 24.3 Å². The van der Waals surface area contributed by atoms with Gasteiger partial charge in [0.15, 0.2) is 0 Å². The van der Waals surface area contributed by atoms with Gasteiger partial charge in [-0.3, -0.25) is 4.79 Å². The molecule has 1 fully saturated rings. The van der Waals surface area contributed by atoms with E-state index in [9.17, 15) is 9.59 Å². The lowest BCUT2D eigenvalue weighted by Gasteiger charge is -2.17. The second-order valence-corrected chi connectivity index (χ2v) is 6.58. The molecule has 0 bridgehead atoms. The van der Waals surface area contributed by atoms with Crippen LogP contribution in [-0.2, 0) is 0 Å². The van der Waals surface area contributed by atoms with Gasteiger partial charge in [-0.2, -0.15) is 0 Å². The van der Waals surface area contributed by atoms with E-state index < -0.39 is 5.97 Å². The van der Waals surface area contributed by atoms with Crippen molar-refractivity contribution in [3.8, 4) is 0 Å². The van der Waals surface area contributed by atoms with Crippen LogP contribution in [0.4, 0.5) is 0 Å². The van der Waals surface area contributed by atoms with Gasteiger partial charge in [-0.1, -0.05) is 12.1 Å². The van der Waals surface area contributed by atoms with Crippen LogP contribution in [0.5, 0.6) is 0 Å². The molecule has 0 aromatic heterocycles. The highest BCUT2D eigenvalue weighted by atomic mass is 16.4.